The number of allylic oxidation sites excluding steroid dienone is 3. The molecule has 0 spiro atoms. The van der Waals surface area contributed by atoms with Crippen molar-refractivity contribution < 1.29 is 13.2 Å². The number of hydrogen-bond donors (Lipinski definition) is 0. The SMILES string of the molecule is [C-]#[N+]C([N+]#[C-])=C1Cc2cc3c(cc2=C1c1ccc(C)cc1)CC(=C(C#N)C#N)C=3c1ccc(SC(F)(F)F)cc1. The maximum atomic E-state index is 12.9. The van der Waals surface area contributed by atoms with E-state index in [1.54, 1.807) is 12.1 Å². The molecule has 0 amide bonds. The Morgan fingerprint density at radius 2 is 1.27 bits per heavy atom. The standard InChI is InChI=1S/C32H17F3N4S/c1-18-4-6-19(7-5-18)30-26-12-21-14-27(23(16-36)17-37)29(20-8-10-24(11-9-20)40-32(33,34)35)25(21)13-22(26)15-28(30)31(38-2)39-3/h4-13H,14-15H2,1H3. The predicted molar refractivity (Wildman–Crippen MR) is 146 cm³/mol. The first-order valence-corrected chi connectivity index (χ1v) is 12.8. The van der Waals surface area contributed by atoms with E-state index >= 15 is 0 Å². The monoisotopic (exact) mass is 546 g/mol. The fraction of sp³-hybridized carbons (Fsp3) is 0.125. The molecule has 3 aromatic rings. The lowest BCUT2D eigenvalue weighted by Crippen LogP contribution is -2.17. The van der Waals surface area contributed by atoms with Gasteiger partial charge in [0.05, 0.1) is 5.57 Å². The van der Waals surface area contributed by atoms with Gasteiger partial charge in [0.25, 0.3) is 0 Å². The van der Waals surface area contributed by atoms with Gasteiger partial charge < -0.3 is 0 Å². The Morgan fingerprint density at radius 1 is 0.800 bits per heavy atom. The van der Waals surface area contributed by atoms with Crippen LogP contribution in [0.5, 0.6) is 0 Å². The molecular weight excluding hydrogens is 529 g/mol. The van der Waals surface area contributed by atoms with Gasteiger partial charge in [-0.25, -0.2) is 0 Å². The summed E-state index contributed by atoms with van der Waals surface area (Å²) < 4.78 is 38.6. The number of rotatable bonds is 3. The predicted octanol–water partition coefficient (Wildman–Crippen LogP) is 6.51. The van der Waals surface area contributed by atoms with E-state index in [0.717, 1.165) is 38.3 Å². The molecule has 0 saturated carbocycles. The Labute approximate surface area is 232 Å². The summed E-state index contributed by atoms with van der Waals surface area (Å²) in [5, 5.41) is 21.1. The maximum Gasteiger partial charge on any atom is 0.523 e. The molecule has 0 heterocycles. The average molecular weight is 547 g/mol. The molecule has 0 atom stereocenters. The number of nitriles is 2. The average Bonchev–Trinajstić information content (AvgIpc) is 3.47. The van der Waals surface area contributed by atoms with Crippen molar-refractivity contribution in [3.63, 3.8) is 0 Å². The normalized spacial score (nSPS) is 13.6. The van der Waals surface area contributed by atoms with Crippen molar-refractivity contribution >= 4 is 22.9 Å². The molecule has 3 aromatic carbocycles. The molecule has 2 aliphatic carbocycles. The van der Waals surface area contributed by atoms with Crippen LogP contribution in [-0.2, 0) is 12.8 Å². The van der Waals surface area contributed by atoms with Crippen LogP contribution < -0.4 is 10.4 Å². The number of nitrogens with zero attached hydrogens (tertiary/aromatic N) is 4. The molecular formula is C32H17F3N4S. The van der Waals surface area contributed by atoms with Crippen molar-refractivity contribution in [2.24, 2.45) is 0 Å². The number of hydrogen-bond acceptors (Lipinski definition) is 3. The van der Waals surface area contributed by atoms with Crippen molar-refractivity contribution in [3.8, 4) is 12.1 Å². The third-order valence-corrected chi connectivity index (χ3v) is 7.67. The van der Waals surface area contributed by atoms with Crippen LogP contribution in [0.3, 0.4) is 0 Å². The minimum atomic E-state index is -4.42. The zero-order valence-electron chi connectivity index (χ0n) is 21.0. The smallest absolute Gasteiger partial charge is 0.192 e. The van der Waals surface area contributed by atoms with E-state index in [2.05, 4.69) is 9.69 Å². The Bertz CT molecular complexity index is 1900. The van der Waals surface area contributed by atoms with E-state index in [4.69, 9.17) is 13.1 Å². The summed E-state index contributed by atoms with van der Waals surface area (Å²) in [5.74, 6) is 0.00530. The number of halogens is 3. The lowest BCUT2D eigenvalue weighted by atomic mass is 9.95. The number of benzene rings is 3. The largest absolute Gasteiger partial charge is 0.523 e. The molecule has 0 aliphatic heterocycles. The van der Waals surface area contributed by atoms with Crippen LogP contribution in [-0.4, -0.2) is 5.51 Å². The van der Waals surface area contributed by atoms with Crippen molar-refractivity contribution in [2.45, 2.75) is 30.2 Å². The first-order valence-electron chi connectivity index (χ1n) is 12.0. The molecule has 0 saturated heterocycles. The van der Waals surface area contributed by atoms with E-state index in [0.29, 0.717) is 35.1 Å². The first-order chi connectivity index (χ1) is 19.2. The van der Waals surface area contributed by atoms with E-state index in [9.17, 15) is 23.7 Å². The molecule has 0 radical (unpaired) electrons. The van der Waals surface area contributed by atoms with Crippen LogP contribution >= 0.6 is 11.8 Å². The van der Waals surface area contributed by atoms with Crippen molar-refractivity contribution in [1.82, 2.24) is 0 Å². The van der Waals surface area contributed by atoms with Crippen LogP contribution in [0.4, 0.5) is 13.2 Å². The highest BCUT2D eigenvalue weighted by atomic mass is 32.2. The Kier molecular flexibility index (Phi) is 6.83. The number of aryl methyl sites for hydroxylation is 1. The summed E-state index contributed by atoms with van der Waals surface area (Å²) in [7, 11) is 0. The third kappa shape index (κ3) is 4.78. The second-order valence-electron chi connectivity index (χ2n) is 9.31. The van der Waals surface area contributed by atoms with Gasteiger partial charge >= 0.3 is 11.3 Å². The summed E-state index contributed by atoms with van der Waals surface area (Å²) in [5.41, 5.74) is 2.46. The van der Waals surface area contributed by atoms with E-state index in [1.807, 2.05) is 55.5 Å². The third-order valence-electron chi connectivity index (χ3n) is 6.93. The highest BCUT2D eigenvalue weighted by Gasteiger charge is 2.31. The molecule has 40 heavy (non-hydrogen) atoms. The van der Waals surface area contributed by atoms with Crippen LogP contribution in [0, 0.1) is 42.7 Å². The first kappa shape index (κ1) is 26.6. The van der Waals surface area contributed by atoms with Crippen LogP contribution in [0.15, 0.2) is 88.1 Å². The van der Waals surface area contributed by atoms with Gasteiger partial charge in [0.2, 0.25) is 0 Å². The van der Waals surface area contributed by atoms with Crippen molar-refractivity contribution in [1.29, 1.82) is 10.5 Å². The van der Waals surface area contributed by atoms with Gasteiger partial charge in [0, 0.05) is 11.3 Å². The van der Waals surface area contributed by atoms with Gasteiger partial charge in [-0.1, -0.05) is 42.0 Å². The van der Waals surface area contributed by atoms with E-state index in [-0.39, 0.29) is 28.1 Å². The van der Waals surface area contributed by atoms with Gasteiger partial charge in [-0.15, -0.1) is 0 Å². The summed E-state index contributed by atoms with van der Waals surface area (Å²) in [4.78, 5) is 7.01. The highest BCUT2D eigenvalue weighted by Crippen LogP contribution is 2.39. The molecule has 0 N–H and O–H groups in total. The molecule has 0 aromatic heterocycles. The lowest BCUT2D eigenvalue weighted by molar-refractivity contribution is -0.0328. The lowest BCUT2D eigenvalue weighted by Gasteiger charge is -2.09. The maximum absolute atomic E-state index is 12.9. The van der Waals surface area contributed by atoms with E-state index in [1.165, 1.54) is 12.1 Å². The van der Waals surface area contributed by atoms with Crippen LogP contribution in [0.2, 0.25) is 0 Å². The van der Waals surface area contributed by atoms with E-state index < -0.39 is 5.51 Å². The van der Waals surface area contributed by atoms with Gasteiger partial charge in [-0.05, 0) is 98.8 Å². The Hall–Kier alpha value is -5.02. The molecule has 0 fully saturated rings. The molecule has 0 bridgehead atoms. The fourth-order valence-corrected chi connectivity index (χ4v) is 5.80. The Balaban J connectivity index is 1.80. The zero-order chi connectivity index (χ0) is 28.6. The second-order valence-corrected chi connectivity index (χ2v) is 10.4. The topological polar surface area (TPSA) is 56.3 Å². The van der Waals surface area contributed by atoms with Crippen LogP contribution in [0.25, 0.3) is 20.8 Å². The fourth-order valence-electron chi connectivity index (χ4n) is 5.26. The number of alkyl halides is 3. The van der Waals surface area contributed by atoms with Crippen LogP contribution in [0.1, 0.15) is 27.8 Å². The van der Waals surface area contributed by atoms with Gasteiger partial charge in [0.15, 0.2) is 0 Å². The second kappa shape index (κ2) is 10.3. The number of fused-ring (bicyclic) bond motifs is 2. The highest BCUT2D eigenvalue weighted by molar-refractivity contribution is 8.00. The molecule has 5 rings (SSSR count). The number of thioether (sulfide) groups is 1. The minimum absolute atomic E-state index is 0.00530. The summed E-state index contributed by atoms with van der Waals surface area (Å²) in [6, 6.07) is 21.7. The Morgan fingerprint density at radius 3 is 1.75 bits per heavy atom. The molecule has 192 valence electrons. The minimum Gasteiger partial charge on any atom is -0.192 e. The summed E-state index contributed by atoms with van der Waals surface area (Å²) >= 11 is -0.206. The molecule has 2 aliphatic rings. The van der Waals surface area contributed by atoms with Gasteiger partial charge in [0.1, 0.15) is 30.9 Å². The van der Waals surface area contributed by atoms with Crippen molar-refractivity contribution in [2.75, 3.05) is 0 Å². The zero-order valence-corrected chi connectivity index (χ0v) is 21.8. The molecule has 4 nitrogen and oxygen atoms in total. The quantitative estimate of drug-likeness (QED) is 0.214. The molecule has 8 heteroatoms. The summed E-state index contributed by atoms with van der Waals surface area (Å²) in [6.45, 7) is 17.1. The van der Waals surface area contributed by atoms with Gasteiger partial charge in [-0.2, -0.15) is 33.4 Å². The van der Waals surface area contributed by atoms with Crippen molar-refractivity contribution in [3.05, 3.63) is 144 Å². The summed E-state index contributed by atoms with van der Waals surface area (Å²) in [6.07, 6.45) is 0.662. The van der Waals surface area contributed by atoms with Gasteiger partial charge in [-0.3, -0.25) is 0 Å². The molecule has 0 unspecified atom stereocenters.